The summed E-state index contributed by atoms with van der Waals surface area (Å²) in [5, 5.41) is 0.927. The number of aryl methyl sites for hydroxylation is 1. The Balaban J connectivity index is 1.74. The number of hydrogen-bond acceptors (Lipinski definition) is 3. The highest BCUT2D eigenvalue weighted by Crippen LogP contribution is 2.26. The van der Waals surface area contributed by atoms with Gasteiger partial charge in [-0.25, -0.2) is 4.98 Å². The lowest BCUT2D eigenvalue weighted by molar-refractivity contribution is 0.0645. The van der Waals surface area contributed by atoms with E-state index >= 15 is 0 Å². The summed E-state index contributed by atoms with van der Waals surface area (Å²) in [6, 6.07) is 18.2. The molecule has 4 heteroatoms. The topological polar surface area (TPSA) is 36.4 Å². The molecule has 1 aliphatic rings. The number of pyridine rings is 1. The molecule has 0 N–H and O–H groups in total. The van der Waals surface area contributed by atoms with E-state index in [0.717, 1.165) is 60.4 Å². The second kappa shape index (κ2) is 7.49. The van der Waals surface area contributed by atoms with Crippen LogP contribution in [0.3, 0.4) is 0 Å². The number of carbonyl (C=O) groups excluding carboxylic acids is 1. The molecule has 0 aliphatic carbocycles. The van der Waals surface area contributed by atoms with E-state index in [1.54, 1.807) is 0 Å². The average molecular weight is 359 g/mol. The van der Waals surface area contributed by atoms with Crippen molar-refractivity contribution in [3.8, 4) is 11.3 Å². The Labute approximate surface area is 160 Å². The number of piperazine rings is 1. The van der Waals surface area contributed by atoms with E-state index in [1.807, 2.05) is 35.2 Å². The third-order valence-electron chi connectivity index (χ3n) is 5.40. The van der Waals surface area contributed by atoms with Crippen LogP contribution in [-0.2, 0) is 0 Å². The predicted octanol–water partition coefficient (Wildman–Crippen LogP) is 3.99. The number of carbonyl (C=O) groups is 1. The lowest BCUT2D eigenvalue weighted by atomic mass is 10.0. The van der Waals surface area contributed by atoms with E-state index in [2.05, 4.69) is 43.0 Å². The molecule has 1 fully saturated rings. The Morgan fingerprint density at radius 2 is 1.70 bits per heavy atom. The monoisotopic (exact) mass is 359 g/mol. The number of rotatable bonds is 3. The number of fused-ring (bicyclic) bond motifs is 1. The van der Waals surface area contributed by atoms with Gasteiger partial charge in [0.2, 0.25) is 0 Å². The maximum absolute atomic E-state index is 13.3. The van der Waals surface area contributed by atoms with Crippen LogP contribution >= 0.6 is 0 Å². The fourth-order valence-corrected chi connectivity index (χ4v) is 3.66. The van der Waals surface area contributed by atoms with Gasteiger partial charge in [0, 0.05) is 37.1 Å². The third-order valence-corrected chi connectivity index (χ3v) is 5.40. The van der Waals surface area contributed by atoms with Gasteiger partial charge < -0.3 is 9.80 Å². The highest BCUT2D eigenvalue weighted by atomic mass is 16.2. The molecule has 0 spiro atoms. The molecule has 0 radical (unpaired) electrons. The number of para-hydroxylation sites is 1. The van der Waals surface area contributed by atoms with Crippen molar-refractivity contribution >= 4 is 16.8 Å². The molecule has 0 saturated carbocycles. The minimum atomic E-state index is 0.109. The van der Waals surface area contributed by atoms with Crippen LogP contribution < -0.4 is 0 Å². The molecule has 0 unspecified atom stereocenters. The second-order valence-corrected chi connectivity index (χ2v) is 7.16. The van der Waals surface area contributed by atoms with Gasteiger partial charge in [0.15, 0.2) is 0 Å². The van der Waals surface area contributed by atoms with Crippen LogP contribution in [0.4, 0.5) is 0 Å². The molecule has 1 saturated heterocycles. The molecular weight excluding hydrogens is 334 g/mol. The van der Waals surface area contributed by atoms with Gasteiger partial charge in [-0.2, -0.15) is 0 Å². The summed E-state index contributed by atoms with van der Waals surface area (Å²) in [4.78, 5) is 22.5. The molecule has 3 aromatic rings. The van der Waals surface area contributed by atoms with Gasteiger partial charge in [-0.15, -0.1) is 0 Å². The van der Waals surface area contributed by atoms with Crippen molar-refractivity contribution in [3.05, 3.63) is 65.7 Å². The third kappa shape index (κ3) is 3.58. The highest BCUT2D eigenvalue weighted by Gasteiger charge is 2.23. The molecule has 4 rings (SSSR count). The van der Waals surface area contributed by atoms with Crippen molar-refractivity contribution in [1.29, 1.82) is 0 Å². The van der Waals surface area contributed by atoms with Crippen molar-refractivity contribution in [2.75, 3.05) is 32.7 Å². The van der Waals surface area contributed by atoms with Crippen molar-refractivity contribution in [3.63, 3.8) is 0 Å². The lowest BCUT2D eigenvalue weighted by Gasteiger charge is -2.34. The average Bonchev–Trinajstić information content (AvgIpc) is 2.73. The molecule has 4 nitrogen and oxygen atoms in total. The Morgan fingerprint density at radius 3 is 2.41 bits per heavy atom. The molecule has 2 aromatic carbocycles. The van der Waals surface area contributed by atoms with E-state index < -0.39 is 0 Å². The summed E-state index contributed by atoms with van der Waals surface area (Å²) in [5.41, 5.74) is 4.72. The van der Waals surface area contributed by atoms with Gasteiger partial charge in [-0.1, -0.05) is 55.0 Å². The normalized spacial score (nSPS) is 15.3. The Hall–Kier alpha value is -2.72. The molecule has 0 atom stereocenters. The Kier molecular flexibility index (Phi) is 4.90. The predicted molar refractivity (Wildman–Crippen MR) is 110 cm³/mol. The summed E-state index contributed by atoms with van der Waals surface area (Å²) < 4.78 is 0. The van der Waals surface area contributed by atoms with Crippen LogP contribution in [0.15, 0.2) is 54.6 Å². The molecule has 0 bridgehead atoms. The molecule has 2 heterocycles. The zero-order valence-electron chi connectivity index (χ0n) is 16.0. The zero-order chi connectivity index (χ0) is 18.8. The Bertz CT molecular complexity index is 957. The molecule has 1 aromatic heterocycles. The maximum atomic E-state index is 13.3. The summed E-state index contributed by atoms with van der Waals surface area (Å²) >= 11 is 0. The molecule has 1 amide bonds. The first-order valence-corrected chi connectivity index (χ1v) is 9.64. The quantitative estimate of drug-likeness (QED) is 0.709. The van der Waals surface area contributed by atoms with E-state index in [9.17, 15) is 4.79 Å². The first kappa shape index (κ1) is 17.7. The number of benzene rings is 2. The number of nitrogens with zero attached hydrogens (tertiary/aromatic N) is 3. The van der Waals surface area contributed by atoms with Gasteiger partial charge in [0.1, 0.15) is 0 Å². The van der Waals surface area contributed by atoms with Gasteiger partial charge in [0.05, 0.1) is 16.8 Å². The summed E-state index contributed by atoms with van der Waals surface area (Å²) in [5.74, 6) is 0.109. The smallest absolute Gasteiger partial charge is 0.254 e. The van der Waals surface area contributed by atoms with Crippen LogP contribution in [0.1, 0.15) is 22.8 Å². The van der Waals surface area contributed by atoms with E-state index in [4.69, 9.17) is 4.98 Å². The standard InChI is InChI=1S/C23H25N3O/c1-3-25-12-14-26(15-13-25)23(27)20-16-22(18-10-8-17(2)9-11-18)24-21-7-5-4-6-19(20)21/h4-11,16H,3,12-15H2,1-2H3. The Morgan fingerprint density at radius 1 is 1.00 bits per heavy atom. The summed E-state index contributed by atoms with van der Waals surface area (Å²) in [7, 11) is 0. The van der Waals surface area contributed by atoms with Gasteiger partial charge in [-0.05, 0) is 25.6 Å². The number of hydrogen-bond donors (Lipinski definition) is 0. The number of amides is 1. The van der Waals surface area contributed by atoms with Crippen LogP contribution in [0.2, 0.25) is 0 Å². The van der Waals surface area contributed by atoms with Crippen LogP contribution in [0.25, 0.3) is 22.2 Å². The van der Waals surface area contributed by atoms with Crippen molar-refractivity contribution in [1.82, 2.24) is 14.8 Å². The van der Waals surface area contributed by atoms with Crippen molar-refractivity contribution in [2.45, 2.75) is 13.8 Å². The van der Waals surface area contributed by atoms with Crippen molar-refractivity contribution < 1.29 is 4.79 Å². The molecular formula is C23H25N3O. The van der Waals surface area contributed by atoms with Crippen LogP contribution in [0.5, 0.6) is 0 Å². The largest absolute Gasteiger partial charge is 0.336 e. The highest BCUT2D eigenvalue weighted by molar-refractivity contribution is 6.07. The van der Waals surface area contributed by atoms with E-state index in [-0.39, 0.29) is 5.91 Å². The zero-order valence-corrected chi connectivity index (χ0v) is 16.0. The van der Waals surface area contributed by atoms with Crippen LogP contribution in [0, 0.1) is 6.92 Å². The van der Waals surface area contributed by atoms with Gasteiger partial charge in [0.25, 0.3) is 5.91 Å². The van der Waals surface area contributed by atoms with E-state index in [0.29, 0.717) is 0 Å². The number of likely N-dealkylation sites (N-methyl/N-ethyl adjacent to an activating group) is 1. The van der Waals surface area contributed by atoms with Gasteiger partial charge in [-0.3, -0.25) is 4.79 Å². The summed E-state index contributed by atoms with van der Waals surface area (Å²) in [6.07, 6.45) is 0. The minimum Gasteiger partial charge on any atom is -0.336 e. The van der Waals surface area contributed by atoms with Gasteiger partial charge >= 0.3 is 0 Å². The first-order valence-electron chi connectivity index (χ1n) is 9.64. The lowest BCUT2D eigenvalue weighted by Crippen LogP contribution is -2.48. The second-order valence-electron chi connectivity index (χ2n) is 7.16. The minimum absolute atomic E-state index is 0.109. The maximum Gasteiger partial charge on any atom is 0.254 e. The molecule has 27 heavy (non-hydrogen) atoms. The molecule has 1 aliphatic heterocycles. The fourth-order valence-electron chi connectivity index (χ4n) is 3.66. The van der Waals surface area contributed by atoms with Crippen molar-refractivity contribution in [2.24, 2.45) is 0 Å². The number of aromatic nitrogens is 1. The van der Waals surface area contributed by atoms with E-state index in [1.165, 1.54) is 5.56 Å². The van der Waals surface area contributed by atoms with Crippen LogP contribution in [-0.4, -0.2) is 53.4 Å². The SMILES string of the molecule is CCN1CCN(C(=O)c2cc(-c3ccc(C)cc3)nc3ccccc23)CC1. The summed E-state index contributed by atoms with van der Waals surface area (Å²) in [6.45, 7) is 8.72. The first-order chi connectivity index (χ1) is 13.2. The molecule has 138 valence electrons. The fraction of sp³-hybridized carbons (Fsp3) is 0.304.